The van der Waals surface area contributed by atoms with Gasteiger partial charge >= 0.3 is 5.97 Å². The van der Waals surface area contributed by atoms with Crippen molar-refractivity contribution in [1.82, 2.24) is 0 Å². The summed E-state index contributed by atoms with van der Waals surface area (Å²) in [6, 6.07) is 13.5. The molecule has 0 unspecified atom stereocenters. The predicted molar refractivity (Wildman–Crippen MR) is 94.3 cm³/mol. The molecule has 1 aliphatic rings. The molecule has 26 heavy (non-hydrogen) atoms. The largest absolute Gasteiger partial charge is 0.508 e. The number of methoxy groups -OCH3 is 2. The van der Waals surface area contributed by atoms with E-state index in [-0.39, 0.29) is 11.3 Å². The predicted octanol–water partition coefficient (Wildman–Crippen LogP) is 3.28. The van der Waals surface area contributed by atoms with Gasteiger partial charge in [-0.15, -0.1) is 0 Å². The molecule has 0 fully saturated rings. The second-order valence-corrected chi connectivity index (χ2v) is 5.41. The van der Waals surface area contributed by atoms with Crippen molar-refractivity contribution in [2.45, 2.75) is 0 Å². The van der Waals surface area contributed by atoms with Gasteiger partial charge in [0, 0.05) is 16.7 Å². The number of aromatic hydroxyl groups is 1. The highest BCUT2D eigenvalue weighted by Gasteiger charge is 2.25. The highest BCUT2D eigenvalue weighted by atomic mass is 16.5. The van der Waals surface area contributed by atoms with Gasteiger partial charge in [0.25, 0.3) is 0 Å². The van der Waals surface area contributed by atoms with Gasteiger partial charge in [-0.3, -0.25) is 0 Å². The van der Waals surface area contributed by atoms with Gasteiger partial charge in [0.05, 0.1) is 14.2 Å². The van der Waals surface area contributed by atoms with E-state index in [0.717, 1.165) is 5.56 Å². The minimum Gasteiger partial charge on any atom is -0.508 e. The summed E-state index contributed by atoms with van der Waals surface area (Å²) < 4.78 is 15.7. The maximum absolute atomic E-state index is 12.0. The topological polar surface area (TPSA) is 88.8 Å². The number of phenolic OH excluding ortho intramolecular Hbond substituents is 1. The van der Waals surface area contributed by atoms with E-state index < -0.39 is 5.97 Å². The number of esters is 1. The Morgan fingerprint density at radius 3 is 2.50 bits per heavy atom. The molecule has 0 spiro atoms. The van der Waals surface area contributed by atoms with Gasteiger partial charge in [-0.2, -0.15) is 5.26 Å². The third-order valence-corrected chi connectivity index (χ3v) is 3.89. The normalized spacial score (nSPS) is 14.3. The molecule has 2 aromatic rings. The Morgan fingerprint density at radius 2 is 1.88 bits per heavy atom. The molecule has 6 heteroatoms. The average molecular weight is 349 g/mol. The Kier molecular flexibility index (Phi) is 4.63. The molecule has 0 aliphatic carbocycles. The van der Waals surface area contributed by atoms with E-state index in [1.165, 1.54) is 19.2 Å². The number of fused-ring (bicyclic) bond motifs is 1. The number of carbonyl (C=O) groups is 1. The summed E-state index contributed by atoms with van der Waals surface area (Å²) in [7, 11) is 2.78. The Morgan fingerprint density at radius 1 is 1.15 bits per heavy atom. The maximum atomic E-state index is 12.0. The summed E-state index contributed by atoms with van der Waals surface area (Å²) in [4.78, 5) is 12.0. The highest BCUT2D eigenvalue weighted by Crippen LogP contribution is 2.40. The first-order valence-electron chi connectivity index (χ1n) is 7.67. The monoisotopic (exact) mass is 349 g/mol. The van der Waals surface area contributed by atoms with Gasteiger partial charge in [-0.1, -0.05) is 0 Å². The van der Waals surface area contributed by atoms with Gasteiger partial charge in [0.2, 0.25) is 0 Å². The number of allylic oxidation sites excluding steroid dienone is 2. The van der Waals surface area contributed by atoms with Crippen LogP contribution in [0.25, 0.3) is 11.3 Å². The summed E-state index contributed by atoms with van der Waals surface area (Å²) in [5.41, 5.74) is 1.32. The fraction of sp³-hybridized carbons (Fsp3) is 0.100. The Balaban J connectivity index is 2.20. The molecule has 1 N–H and O–H groups in total. The number of hydrogen-bond donors (Lipinski definition) is 1. The van der Waals surface area contributed by atoms with Gasteiger partial charge in [0.15, 0.2) is 0 Å². The van der Waals surface area contributed by atoms with E-state index >= 15 is 0 Å². The van der Waals surface area contributed by atoms with Crippen molar-refractivity contribution in [3.05, 3.63) is 65.2 Å². The molecule has 0 bridgehead atoms. The number of hydrogen-bond acceptors (Lipinski definition) is 6. The van der Waals surface area contributed by atoms with Gasteiger partial charge in [0.1, 0.15) is 34.7 Å². The van der Waals surface area contributed by atoms with Crippen LogP contribution < -0.4 is 9.47 Å². The number of nitriles is 1. The molecule has 2 aromatic carbocycles. The zero-order chi connectivity index (χ0) is 18.7. The van der Waals surface area contributed by atoms with Crippen LogP contribution in [0.3, 0.4) is 0 Å². The minimum absolute atomic E-state index is 0.00620. The molecule has 0 atom stereocenters. The van der Waals surface area contributed by atoms with Crippen molar-refractivity contribution in [2.24, 2.45) is 0 Å². The third kappa shape index (κ3) is 3.10. The molecule has 0 aromatic heterocycles. The lowest BCUT2D eigenvalue weighted by atomic mass is 9.95. The fourth-order valence-corrected chi connectivity index (χ4v) is 2.60. The summed E-state index contributed by atoms with van der Waals surface area (Å²) in [6.45, 7) is 0. The standard InChI is InChI=1S/C20H15NO5/c1-24-14-6-3-12(4-7-14)19-10-15(17(11-21)20(23)25-2)16-9-13(22)5-8-18(16)26-19/h3-10,22H,1-2H3. The molecule has 0 radical (unpaired) electrons. The van der Waals surface area contributed by atoms with Crippen LogP contribution in [0.1, 0.15) is 11.1 Å². The lowest BCUT2D eigenvalue weighted by Crippen LogP contribution is -2.10. The lowest BCUT2D eigenvalue weighted by molar-refractivity contribution is -0.135. The van der Waals surface area contributed by atoms with Gasteiger partial charge in [-0.25, -0.2) is 4.79 Å². The van der Waals surface area contributed by atoms with Crippen LogP contribution in [0.4, 0.5) is 0 Å². The zero-order valence-corrected chi connectivity index (χ0v) is 14.1. The van der Waals surface area contributed by atoms with Crippen LogP contribution in [-0.4, -0.2) is 25.3 Å². The van der Waals surface area contributed by atoms with E-state index in [2.05, 4.69) is 0 Å². The van der Waals surface area contributed by atoms with Crippen molar-refractivity contribution >= 4 is 17.3 Å². The molecule has 0 saturated carbocycles. The Bertz CT molecular complexity index is 965. The first-order valence-corrected chi connectivity index (χ1v) is 7.67. The second kappa shape index (κ2) is 7.03. The maximum Gasteiger partial charge on any atom is 0.349 e. The first kappa shape index (κ1) is 17.1. The molecule has 0 amide bonds. The fourth-order valence-electron chi connectivity index (χ4n) is 2.60. The Hall–Kier alpha value is -3.72. The average Bonchev–Trinajstić information content (AvgIpc) is 2.68. The molecular weight excluding hydrogens is 334 g/mol. The SMILES string of the molecule is COC(=O)C(C#N)=C1C=C(c2ccc(OC)cc2)Oc2ccc(O)cc21. The van der Waals surface area contributed by atoms with Crippen LogP contribution in [0.2, 0.25) is 0 Å². The summed E-state index contributed by atoms with van der Waals surface area (Å²) >= 11 is 0. The first-order chi connectivity index (χ1) is 12.6. The van der Waals surface area contributed by atoms with Crippen molar-refractivity contribution < 1.29 is 24.1 Å². The van der Waals surface area contributed by atoms with Crippen molar-refractivity contribution in [1.29, 1.82) is 5.26 Å². The number of carbonyl (C=O) groups excluding carboxylic acids is 1. The molecule has 1 heterocycles. The zero-order valence-electron chi connectivity index (χ0n) is 14.1. The smallest absolute Gasteiger partial charge is 0.349 e. The lowest BCUT2D eigenvalue weighted by Gasteiger charge is -2.21. The number of nitrogens with zero attached hydrogens (tertiary/aromatic N) is 1. The van der Waals surface area contributed by atoms with Crippen molar-refractivity contribution in [3.8, 4) is 23.3 Å². The van der Waals surface area contributed by atoms with E-state index in [9.17, 15) is 15.2 Å². The number of phenols is 1. The number of benzene rings is 2. The van der Waals surface area contributed by atoms with Gasteiger partial charge in [-0.05, 0) is 48.5 Å². The summed E-state index contributed by atoms with van der Waals surface area (Å²) in [6.07, 6.45) is 1.58. The van der Waals surface area contributed by atoms with Crippen LogP contribution in [0.5, 0.6) is 17.2 Å². The van der Waals surface area contributed by atoms with E-state index in [4.69, 9.17) is 14.2 Å². The molecule has 6 nitrogen and oxygen atoms in total. The summed E-state index contributed by atoms with van der Waals surface area (Å²) in [5, 5.41) is 19.2. The minimum atomic E-state index is -0.760. The second-order valence-electron chi connectivity index (χ2n) is 5.41. The van der Waals surface area contributed by atoms with Crippen molar-refractivity contribution in [2.75, 3.05) is 14.2 Å². The molecular formula is C20H15NO5. The van der Waals surface area contributed by atoms with E-state index in [0.29, 0.717) is 28.4 Å². The van der Waals surface area contributed by atoms with Crippen LogP contribution >= 0.6 is 0 Å². The van der Waals surface area contributed by atoms with Crippen LogP contribution in [0, 0.1) is 11.3 Å². The number of rotatable bonds is 3. The molecule has 0 saturated heterocycles. The molecule has 3 rings (SSSR count). The van der Waals surface area contributed by atoms with Gasteiger partial charge < -0.3 is 19.3 Å². The van der Waals surface area contributed by atoms with E-state index in [1.807, 2.05) is 6.07 Å². The molecule has 130 valence electrons. The molecule has 1 aliphatic heterocycles. The summed E-state index contributed by atoms with van der Waals surface area (Å²) in [5.74, 6) is 0.802. The van der Waals surface area contributed by atoms with Crippen molar-refractivity contribution in [3.63, 3.8) is 0 Å². The number of ether oxygens (including phenoxy) is 3. The quantitative estimate of drug-likeness (QED) is 0.520. The Labute approximate surface area is 150 Å². The highest BCUT2D eigenvalue weighted by molar-refractivity contribution is 6.06. The van der Waals surface area contributed by atoms with Crippen LogP contribution in [-0.2, 0) is 9.53 Å². The van der Waals surface area contributed by atoms with Crippen LogP contribution in [0.15, 0.2) is 54.1 Å². The van der Waals surface area contributed by atoms with E-state index in [1.54, 1.807) is 43.5 Å². The third-order valence-electron chi connectivity index (χ3n) is 3.89.